The third-order valence-electron chi connectivity index (χ3n) is 5.23. The van der Waals surface area contributed by atoms with Gasteiger partial charge < -0.3 is 19.5 Å². The zero-order valence-corrected chi connectivity index (χ0v) is 14.6. The van der Waals surface area contributed by atoms with E-state index in [0.717, 1.165) is 49.0 Å². The van der Waals surface area contributed by atoms with Crippen LogP contribution in [0.25, 0.3) is 16.6 Å². The van der Waals surface area contributed by atoms with Crippen molar-refractivity contribution >= 4 is 16.9 Å². The number of benzene rings is 1. The monoisotopic (exact) mass is 352 g/mol. The van der Waals surface area contributed by atoms with Crippen LogP contribution in [0.2, 0.25) is 0 Å². The van der Waals surface area contributed by atoms with Crippen molar-refractivity contribution in [3.63, 3.8) is 0 Å². The van der Waals surface area contributed by atoms with Crippen LogP contribution in [0.3, 0.4) is 0 Å². The van der Waals surface area contributed by atoms with Gasteiger partial charge in [0.15, 0.2) is 11.5 Å². The molecule has 1 aromatic carbocycles. The number of nitrogens with zero attached hydrogens (tertiary/aromatic N) is 4. The molecule has 0 amide bonds. The molecule has 7 nitrogen and oxygen atoms in total. The van der Waals surface area contributed by atoms with Crippen LogP contribution in [0.5, 0.6) is 17.4 Å². The second-order valence-corrected chi connectivity index (χ2v) is 7.00. The summed E-state index contributed by atoms with van der Waals surface area (Å²) in [5.41, 5.74) is 1.52. The maximum atomic E-state index is 10.6. The number of aromatic hydroxyl groups is 1. The lowest BCUT2D eigenvalue weighted by Crippen LogP contribution is -2.33. The number of rotatable bonds is 2. The fourth-order valence-corrected chi connectivity index (χ4v) is 3.56. The van der Waals surface area contributed by atoms with Crippen LogP contribution in [-0.2, 0) is 0 Å². The molecule has 26 heavy (non-hydrogen) atoms. The van der Waals surface area contributed by atoms with Gasteiger partial charge in [0, 0.05) is 31.5 Å². The molecule has 5 rings (SSSR count). The van der Waals surface area contributed by atoms with Crippen LogP contribution < -0.4 is 14.4 Å². The van der Waals surface area contributed by atoms with Crippen LogP contribution in [0.1, 0.15) is 19.8 Å². The predicted molar refractivity (Wildman–Crippen MR) is 97.3 cm³/mol. The zero-order valence-electron chi connectivity index (χ0n) is 14.6. The molecule has 0 bridgehead atoms. The minimum Gasteiger partial charge on any atom is -0.494 e. The highest BCUT2D eigenvalue weighted by Gasteiger charge is 2.20. The van der Waals surface area contributed by atoms with Crippen molar-refractivity contribution in [2.45, 2.75) is 19.8 Å². The first-order valence-corrected chi connectivity index (χ1v) is 8.91. The lowest BCUT2D eigenvalue weighted by molar-refractivity contribution is 0.174. The molecule has 4 heterocycles. The zero-order chi connectivity index (χ0) is 17.7. The molecule has 2 aromatic heterocycles. The molecule has 1 fully saturated rings. The first kappa shape index (κ1) is 15.3. The first-order valence-electron chi connectivity index (χ1n) is 8.91. The van der Waals surface area contributed by atoms with Crippen molar-refractivity contribution in [3.05, 3.63) is 30.6 Å². The summed E-state index contributed by atoms with van der Waals surface area (Å²) in [5, 5.41) is 11.3. The van der Waals surface area contributed by atoms with Crippen molar-refractivity contribution in [1.29, 1.82) is 0 Å². The van der Waals surface area contributed by atoms with E-state index in [1.807, 2.05) is 24.4 Å². The van der Waals surface area contributed by atoms with E-state index in [1.165, 1.54) is 0 Å². The number of aromatic nitrogens is 3. The molecular weight excluding hydrogens is 332 g/mol. The highest BCUT2D eigenvalue weighted by molar-refractivity contribution is 5.85. The molecule has 0 radical (unpaired) electrons. The Bertz CT molecular complexity index is 976. The van der Waals surface area contributed by atoms with E-state index >= 15 is 0 Å². The van der Waals surface area contributed by atoms with Crippen LogP contribution in [0.4, 0.5) is 5.95 Å². The van der Waals surface area contributed by atoms with Crippen LogP contribution in [0.15, 0.2) is 30.6 Å². The molecule has 0 saturated carbocycles. The number of anilines is 1. The minimum atomic E-state index is 0.123. The minimum absolute atomic E-state index is 0.123. The van der Waals surface area contributed by atoms with Crippen molar-refractivity contribution in [3.8, 4) is 23.1 Å². The molecule has 3 aromatic rings. The smallest absolute Gasteiger partial charge is 0.231 e. The van der Waals surface area contributed by atoms with E-state index in [1.54, 1.807) is 10.8 Å². The van der Waals surface area contributed by atoms with E-state index < -0.39 is 0 Å². The summed E-state index contributed by atoms with van der Waals surface area (Å²) in [7, 11) is 0. The Balaban J connectivity index is 1.52. The Morgan fingerprint density at radius 3 is 2.81 bits per heavy atom. The van der Waals surface area contributed by atoms with Gasteiger partial charge in [-0.25, -0.2) is 9.97 Å². The lowest BCUT2D eigenvalue weighted by atomic mass is 10.00. The van der Waals surface area contributed by atoms with Gasteiger partial charge in [0.2, 0.25) is 18.6 Å². The molecule has 0 atom stereocenters. The van der Waals surface area contributed by atoms with Gasteiger partial charge >= 0.3 is 0 Å². The van der Waals surface area contributed by atoms with E-state index in [2.05, 4.69) is 21.8 Å². The number of ether oxygens (including phenoxy) is 2. The molecule has 0 spiro atoms. The van der Waals surface area contributed by atoms with Crippen LogP contribution in [-0.4, -0.2) is 39.5 Å². The van der Waals surface area contributed by atoms with Gasteiger partial charge in [0.1, 0.15) is 0 Å². The van der Waals surface area contributed by atoms with Gasteiger partial charge in [-0.1, -0.05) is 6.92 Å². The van der Waals surface area contributed by atoms with E-state index in [4.69, 9.17) is 9.47 Å². The molecule has 2 aliphatic heterocycles. The number of fused-ring (bicyclic) bond motifs is 2. The molecule has 7 heteroatoms. The second kappa shape index (κ2) is 5.79. The van der Waals surface area contributed by atoms with E-state index in [-0.39, 0.29) is 12.7 Å². The fraction of sp³-hybridized carbons (Fsp3) is 0.368. The average molecular weight is 352 g/mol. The number of hydrogen-bond donors (Lipinski definition) is 1. The standard InChI is InChI=1S/C19H20N4O3/c1-12-4-6-22(7-5-12)19-20-9-14-15(21-19)10-23(18(14)24)13-2-3-16-17(8-13)26-11-25-16/h2-3,8-10,12,24H,4-7,11H2,1H3. The summed E-state index contributed by atoms with van der Waals surface area (Å²) < 4.78 is 12.5. The number of piperidine rings is 1. The summed E-state index contributed by atoms with van der Waals surface area (Å²) in [4.78, 5) is 11.4. The van der Waals surface area contributed by atoms with Gasteiger partial charge in [-0.05, 0) is 30.9 Å². The van der Waals surface area contributed by atoms with Crippen molar-refractivity contribution in [1.82, 2.24) is 14.5 Å². The fourth-order valence-electron chi connectivity index (χ4n) is 3.56. The third-order valence-corrected chi connectivity index (χ3v) is 5.23. The largest absolute Gasteiger partial charge is 0.494 e. The normalized spacial score (nSPS) is 17.2. The van der Waals surface area contributed by atoms with E-state index in [0.29, 0.717) is 16.9 Å². The summed E-state index contributed by atoms with van der Waals surface area (Å²) in [5.74, 6) is 3.00. The van der Waals surface area contributed by atoms with Crippen LogP contribution >= 0.6 is 0 Å². The van der Waals surface area contributed by atoms with Gasteiger partial charge in [-0.15, -0.1) is 0 Å². The van der Waals surface area contributed by atoms with Crippen molar-refractivity contribution in [2.24, 2.45) is 5.92 Å². The molecule has 0 unspecified atom stereocenters. The summed E-state index contributed by atoms with van der Waals surface area (Å²) >= 11 is 0. The summed E-state index contributed by atoms with van der Waals surface area (Å²) in [6.45, 7) is 4.45. The second-order valence-electron chi connectivity index (χ2n) is 7.00. The molecule has 134 valence electrons. The van der Waals surface area contributed by atoms with Gasteiger partial charge in [-0.2, -0.15) is 0 Å². The third kappa shape index (κ3) is 2.42. The lowest BCUT2D eigenvalue weighted by Gasteiger charge is -2.30. The summed E-state index contributed by atoms with van der Waals surface area (Å²) in [6.07, 6.45) is 5.85. The molecule has 1 saturated heterocycles. The van der Waals surface area contributed by atoms with Crippen LogP contribution in [0, 0.1) is 5.92 Å². The average Bonchev–Trinajstić information content (AvgIpc) is 3.26. The molecule has 1 N–H and O–H groups in total. The molecule has 2 aliphatic rings. The number of hydrogen-bond acceptors (Lipinski definition) is 6. The maximum Gasteiger partial charge on any atom is 0.231 e. The Hall–Kier alpha value is -2.96. The van der Waals surface area contributed by atoms with E-state index in [9.17, 15) is 5.11 Å². The quantitative estimate of drug-likeness (QED) is 0.764. The molecular formula is C19H20N4O3. The first-order chi connectivity index (χ1) is 12.7. The Morgan fingerprint density at radius 2 is 1.96 bits per heavy atom. The summed E-state index contributed by atoms with van der Waals surface area (Å²) in [6, 6.07) is 5.57. The predicted octanol–water partition coefficient (Wildman–Crippen LogP) is 3.09. The highest BCUT2D eigenvalue weighted by atomic mass is 16.7. The van der Waals surface area contributed by atoms with Crippen molar-refractivity contribution in [2.75, 3.05) is 24.8 Å². The topological polar surface area (TPSA) is 72.6 Å². The highest BCUT2D eigenvalue weighted by Crippen LogP contribution is 2.36. The Kier molecular flexibility index (Phi) is 3.41. The van der Waals surface area contributed by atoms with Gasteiger partial charge in [0.25, 0.3) is 0 Å². The van der Waals surface area contributed by atoms with Crippen molar-refractivity contribution < 1.29 is 14.6 Å². The van der Waals surface area contributed by atoms with Gasteiger partial charge in [-0.3, -0.25) is 4.57 Å². The Morgan fingerprint density at radius 1 is 1.15 bits per heavy atom. The van der Waals surface area contributed by atoms with Gasteiger partial charge in [0.05, 0.1) is 16.6 Å². The Labute approximate surface area is 150 Å². The molecule has 0 aliphatic carbocycles. The SMILES string of the molecule is CC1CCN(c2ncc3c(O)n(-c4ccc5c(c4)OCO5)cc3n2)CC1. The maximum absolute atomic E-state index is 10.6.